The van der Waals surface area contributed by atoms with Crippen LogP contribution in [0.1, 0.15) is 37.7 Å². The van der Waals surface area contributed by atoms with Gasteiger partial charge in [0.1, 0.15) is 11.6 Å². The fourth-order valence-electron chi connectivity index (χ4n) is 4.98. The van der Waals surface area contributed by atoms with Crippen LogP contribution in [0.15, 0.2) is 17.8 Å². The molecule has 2 aromatic heterocycles. The number of morpholine rings is 1. The number of hydrogen-bond acceptors (Lipinski definition) is 8. The molecule has 0 aromatic carbocycles. The van der Waals surface area contributed by atoms with Crippen molar-refractivity contribution in [2.24, 2.45) is 0 Å². The summed E-state index contributed by atoms with van der Waals surface area (Å²) in [6, 6.07) is 3.17. The number of imide groups is 1. The van der Waals surface area contributed by atoms with Gasteiger partial charge in [-0.1, -0.05) is 0 Å². The first-order chi connectivity index (χ1) is 16.1. The van der Waals surface area contributed by atoms with Crippen molar-refractivity contribution >= 4 is 35.2 Å². The van der Waals surface area contributed by atoms with E-state index in [0.717, 1.165) is 82.3 Å². The molecule has 10 heteroatoms. The van der Waals surface area contributed by atoms with E-state index in [1.54, 1.807) is 12.3 Å². The summed E-state index contributed by atoms with van der Waals surface area (Å²) in [5.74, 6) is 1.25. The summed E-state index contributed by atoms with van der Waals surface area (Å²) in [6.45, 7) is 5.61. The molecular formula is C23H29N7O3. The Balaban J connectivity index is 1.28. The Kier molecular flexibility index (Phi) is 5.26. The number of anilines is 2. The van der Waals surface area contributed by atoms with Gasteiger partial charge in [0.25, 0.3) is 5.91 Å². The Hall–Kier alpha value is -2.98. The van der Waals surface area contributed by atoms with Gasteiger partial charge in [0.05, 0.1) is 25.8 Å². The maximum absolute atomic E-state index is 12.1. The highest BCUT2D eigenvalue weighted by atomic mass is 16.5. The number of nitrogens with one attached hydrogen (secondary N) is 2. The summed E-state index contributed by atoms with van der Waals surface area (Å²) >= 11 is 0. The minimum atomic E-state index is -0.336. The summed E-state index contributed by atoms with van der Waals surface area (Å²) < 4.78 is 7.32. The number of aromatic nitrogens is 3. The highest BCUT2D eigenvalue weighted by Gasteiger charge is 2.29. The fraction of sp³-hybridized carbons (Fsp3) is 0.565. The van der Waals surface area contributed by atoms with Crippen LogP contribution < -0.4 is 15.5 Å². The van der Waals surface area contributed by atoms with Crippen molar-refractivity contribution in [2.45, 2.75) is 44.2 Å². The van der Waals surface area contributed by atoms with Gasteiger partial charge in [-0.2, -0.15) is 9.61 Å². The summed E-state index contributed by atoms with van der Waals surface area (Å²) in [5, 5.41) is 10.5. The Labute approximate surface area is 192 Å². The minimum Gasteiger partial charge on any atom is -0.379 e. The maximum atomic E-state index is 12.1. The topological polar surface area (TPSA) is 104 Å². The van der Waals surface area contributed by atoms with Crippen LogP contribution in [-0.4, -0.2) is 82.8 Å². The van der Waals surface area contributed by atoms with Gasteiger partial charge in [-0.05, 0) is 31.8 Å². The first kappa shape index (κ1) is 20.6. The molecule has 174 valence electrons. The zero-order valence-electron chi connectivity index (χ0n) is 18.6. The van der Waals surface area contributed by atoms with E-state index >= 15 is 0 Å². The molecule has 2 N–H and O–H groups in total. The second kappa shape index (κ2) is 8.42. The number of hydrogen-bond donors (Lipinski definition) is 2. The average Bonchev–Trinajstić information content (AvgIpc) is 3.47. The van der Waals surface area contributed by atoms with E-state index in [1.807, 2.05) is 4.52 Å². The number of rotatable bonds is 5. The zero-order chi connectivity index (χ0) is 22.4. The van der Waals surface area contributed by atoms with Gasteiger partial charge < -0.3 is 15.0 Å². The fourth-order valence-corrected chi connectivity index (χ4v) is 4.98. The van der Waals surface area contributed by atoms with Crippen molar-refractivity contribution in [1.29, 1.82) is 0 Å². The van der Waals surface area contributed by atoms with Crippen molar-refractivity contribution in [1.82, 2.24) is 24.8 Å². The molecule has 0 spiro atoms. The Morgan fingerprint density at radius 2 is 1.88 bits per heavy atom. The molecule has 0 unspecified atom stereocenters. The minimum absolute atomic E-state index is 0.0953. The van der Waals surface area contributed by atoms with Crippen LogP contribution in [0.25, 0.3) is 11.7 Å². The quantitative estimate of drug-likeness (QED) is 0.513. The van der Waals surface area contributed by atoms with Gasteiger partial charge in [-0.25, -0.2) is 4.98 Å². The molecule has 6 rings (SSSR count). The lowest BCUT2D eigenvalue weighted by Gasteiger charge is -2.40. The second-order valence-electron chi connectivity index (χ2n) is 9.34. The van der Waals surface area contributed by atoms with E-state index in [0.29, 0.717) is 23.3 Å². The molecule has 0 bridgehead atoms. The molecule has 4 aliphatic rings. The predicted molar refractivity (Wildman–Crippen MR) is 123 cm³/mol. The van der Waals surface area contributed by atoms with E-state index < -0.39 is 0 Å². The Morgan fingerprint density at radius 1 is 1.09 bits per heavy atom. The molecular weight excluding hydrogens is 422 g/mol. The molecule has 33 heavy (non-hydrogen) atoms. The lowest BCUT2D eigenvalue weighted by atomic mass is 10.0. The Bertz CT molecular complexity index is 1110. The lowest BCUT2D eigenvalue weighted by Crippen LogP contribution is -2.49. The first-order valence-corrected chi connectivity index (χ1v) is 11.9. The SMILES string of the molecule is O=C1C/C(=C\c2cnn3c(NC4CC4)cc(N4CCC(N5CCOCC5)CC4)nc23)C(=O)N1. The monoisotopic (exact) mass is 451 g/mol. The molecule has 3 aliphatic heterocycles. The third-order valence-electron chi connectivity index (χ3n) is 6.99. The first-order valence-electron chi connectivity index (χ1n) is 11.9. The van der Waals surface area contributed by atoms with Gasteiger partial charge >= 0.3 is 0 Å². The predicted octanol–water partition coefficient (Wildman–Crippen LogP) is 1.03. The average molecular weight is 452 g/mol. The van der Waals surface area contributed by atoms with E-state index in [9.17, 15) is 9.59 Å². The van der Waals surface area contributed by atoms with Crippen molar-refractivity contribution in [3.8, 4) is 0 Å². The molecule has 0 atom stereocenters. The van der Waals surface area contributed by atoms with Crippen LogP contribution in [0.5, 0.6) is 0 Å². The molecule has 1 aliphatic carbocycles. The third-order valence-corrected chi connectivity index (χ3v) is 6.99. The normalized spacial score (nSPS) is 24.1. The molecule has 2 aromatic rings. The van der Waals surface area contributed by atoms with Gasteiger partial charge in [0, 0.05) is 55.5 Å². The standard InChI is InChI=1S/C23H29N7O3/c31-21-12-15(23(32)27-21)11-16-14-24-30-20(25-17-1-2-17)13-19(26-22(16)30)29-5-3-18(4-6-29)28-7-9-33-10-8-28/h11,13-14,17-18,25H,1-10,12H2,(H,27,31,32)/b15-11+. The number of fused-ring (bicyclic) bond motifs is 1. The molecule has 2 amide bonds. The number of carbonyl (C=O) groups is 2. The molecule has 5 heterocycles. The van der Waals surface area contributed by atoms with Crippen LogP contribution in [0, 0.1) is 0 Å². The molecule has 1 saturated carbocycles. The number of nitrogens with zero attached hydrogens (tertiary/aromatic N) is 5. The summed E-state index contributed by atoms with van der Waals surface area (Å²) in [7, 11) is 0. The van der Waals surface area contributed by atoms with Gasteiger partial charge in [0.15, 0.2) is 5.65 Å². The summed E-state index contributed by atoms with van der Waals surface area (Å²) in [6.07, 6.45) is 8.09. The van der Waals surface area contributed by atoms with Crippen molar-refractivity contribution in [2.75, 3.05) is 49.6 Å². The second-order valence-corrected chi connectivity index (χ2v) is 9.34. The number of amides is 2. The van der Waals surface area contributed by atoms with Crippen molar-refractivity contribution in [3.63, 3.8) is 0 Å². The van der Waals surface area contributed by atoms with Crippen molar-refractivity contribution in [3.05, 3.63) is 23.4 Å². The third kappa shape index (κ3) is 4.20. The van der Waals surface area contributed by atoms with E-state index in [2.05, 4.69) is 31.6 Å². The molecule has 4 fully saturated rings. The Morgan fingerprint density at radius 3 is 2.58 bits per heavy atom. The van der Waals surface area contributed by atoms with Gasteiger partial charge in [-0.15, -0.1) is 0 Å². The highest BCUT2D eigenvalue weighted by Crippen LogP contribution is 2.30. The van der Waals surface area contributed by atoms with Crippen LogP contribution >= 0.6 is 0 Å². The lowest BCUT2D eigenvalue weighted by molar-refractivity contribution is -0.124. The van der Waals surface area contributed by atoms with Crippen LogP contribution in [-0.2, 0) is 14.3 Å². The number of piperidine rings is 1. The highest BCUT2D eigenvalue weighted by molar-refractivity contribution is 6.15. The molecule has 3 saturated heterocycles. The summed E-state index contributed by atoms with van der Waals surface area (Å²) in [4.78, 5) is 33.5. The zero-order valence-corrected chi connectivity index (χ0v) is 18.6. The molecule has 0 radical (unpaired) electrons. The van der Waals surface area contributed by atoms with Crippen LogP contribution in [0.4, 0.5) is 11.6 Å². The van der Waals surface area contributed by atoms with Gasteiger partial charge in [0.2, 0.25) is 5.91 Å². The van der Waals surface area contributed by atoms with E-state index in [1.165, 1.54) is 0 Å². The van der Waals surface area contributed by atoms with E-state index in [4.69, 9.17) is 9.72 Å². The summed E-state index contributed by atoms with van der Waals surface area (Å²) in [5.41, 5.74) is 1.90. The van der Waals surface area contributed by atoms with Crippen molar-refractivity contribution < 1.29 is 14.3 Å². The van der Waals surface area contributed by atoms with Crippen LogP contribution in [0.2, 0.25) is 0 Å². The largest absolute Gasteiger partial charge is 0.379 e. The van der Waals surface area contributed by atoms with E-state index in [-0.39, 0.29) is 18.2 Å². The molecule has 10 nitrogen and oxygen atoms in total. The smallest absolute Gasteiger partial charge is 0.254 e. The van der Waals surface area contributed by atoms with Gasteiger partial charge in [-0.3, -0.25) is 19.8 Å². The number of carbonyl (C=O) groups excluding carboxylic acids is 2. The van der Waals surface area contributed by atoms with Crippen LogP contribution in [0.3, 0.4) is 0 Å². The maximum Gasteiger partial charge on any atom is 0.254 e. The number of ether oxygens (including phenoxy) is 1.